The van der Waals surface area contributed by atoms with Gasteiger partial charge in [-0.15, -0.1) is 0 Å². The summed E-state index contributed by atoms with van der Waals surface area (Å²) in [5.74, 6) is 0. The molecule has 0 fully saturated rings. The van der Waals surface area contributed by atoms with Gasteiger partial charge in [-0.3, -0.25) is 4.46 Å². The molecule has 9 heavy (non-hydrogen) atoms. The minimum atomic E-state index is -3.13. The number of rotatable bonds is 0. The van der Waals surface area contributed by atoms with Crippen molar-refractivity contribution in [3.05, 3.63) is 0 Å². The molecule has 0 unspecified atom stereocenters. The fourth-order valence-corrected chi connectivity index (χ4v) is 0. The second-order valence-electron chi connectivity index (χ2n) is 0.283. The van der Waals surface area contributed by atoms with Crippen LogP contribution in [0.3, 0.4) is 0 Å². The zero-order chi connectivity index (χ0) is 3.58. The summed E-state index contributed by atoms with van der Waals surface area (Å²) < 4.78 is 8.74. The first-order chi connectivity index (χ1) is 1.73. The zero-order valence-electron chi connectivity index (χ0n) is 2.30. The van der Waals surface area contributed by atoms with E-state index in [0.717, 1.165) is 0 Å². The molecule has 0 aromatic heterocycles. The summed E-state index contributed by atoms with van der Waals surface area (Å²) in [6, 6.07) is 0. The molecule has 0 aliphatic carbocycles. The monoisotopic (exact) mass is 219 g/mol. The third-order valence-electron chi connectivity index (χ3n) is 0. The Morgan fingerprint density at radius 3 is 1.22 bits per heavy atom. The van der Waals surface area contributed by atoms with E-state index in [1.165, 1.54) is 0 Å². The van der Waals surface area contributed by atoms with Crippen molar-refractivity contribution in [3.63, 3.8) is 0 Å². The van der Waals surface area contributed by atoms with E-state index in [1.54, 1.807) is 0 Å². The fourth-order valence-electron chi connectivity index (χ4n) is 0. The van der Waals surface area contributed by atoms with Gasteiger partial charge in [0.1, 0.15) is 0 Å². The summed E-state index contributed by atoms with van der Waals surface area (Å²) in [5, 5.41) is 0. The second kappa shape index (κ2) is 30.3. The van der Waals surface area contributed by atoms with Crippen LogP contribution < -0.4 is 0 Å². The van der Waals surface area contributed by atoms with Gasteiger partial charge in [0.2, 0.25) is 0 Å². The molecule has 0 aromatic carbocycles. The molecule has 0 saturated carbocycles. The van der Waals surface area contributed by atoms with Crippen LogP contribution in [0.1, 0.15) is 0 Å². The fraction of sp³-hybridized carbons (Fsp3) is 0. The van der Waals surface area contributed by atoms with Crippen LogP contribution in [-0.2, 0) is 4.46 Å². The third kappa shape index (κ3) is 93.3. The van der Waals surface area contributed by atoms with Crippen molar-refractivity contribution in [3.8, 4) is 0 Å². The van der Waals surface area contributed by atoms with E-state index >= 15 is 0 Å². The SMILES string of the molecule is O.O=[Si](O)O.[AlH3].[BeH2].[CaH2].[KH]. The average Bonchev–Trinajstić information content (AvgIpc) is 0.811. The van der Waals surface area contributed by atoms with Gasteiger partial charge in [0.15, 0.2) is 17.4 Å². The van der Waals surface area contributed by atoms with Crippen LogP contribution in [-0.4, -0.2) is 141 Å². The second-order valence-corrected chi connectivity index (χ2v) is 0.848. The van der Waals surface area contributed by atoms with Crippen molar-refractivity contribution in [1.29, 1.82) is 0 Å². The van der Waals surface area contributed by atoms with Gasteiger partial charge in [0.05, 0.1) is 0 Å². The molecule has 0 bridgehead atoms. The van der Waals surface area contributed by atoms with Crippen LogP contribution in [0, 0.1) is 0 Å². The standard InChI is InChI=1S/Al.Be.Ca.K.H2O3Si.H2O.8H/c;;;;1-4(2)3;;;;;;;;;/h;;;;1-2H;1H2;;;;;;;;. The third-order valence-corrected chi connectivity index (χ3v) is 0. The Balaban J connectivity index is -0.00000000450. The first kappa shape index (κ1) is 39.9. The van der Waals surface area contributed by atoms with Crippen molar-refractivity contribution in [2.45, 2.75) is 0 Å². The van der Waals surface area contributed by atoms with Gasteiger partial charge in [-0.05, 0) is 0 Å². The summed E-state index contributed by atoms with van der Waals surface area (Å²) in [7, 11) is -3.13. The molecule has 48 valence electrons. The topological polar surface area (TPSA) is 89.0 Å². The van der Waals surface area contributed by atoms with Gasteiger partial charge in [0, 0.05) is 0 Å². The van der Waals surface area contributed by atoms with E-state index in [-0.39, 0.29) is 122 Å². The molecule has 0 amide bonds. The van der Waals surface area contributed by atoms with Gasteiger partial charge in [-0.25, -0.2) is 0 Å². The molecular formula is H12AlBeCaKO4Si. The van der Waals surface area contributed by atoms with Crippen LogP contribution in [0.5, 0.6) is 0 Å². The van der Waals surface area contributed by atoms with Gasteiger partial charge in [-0.2, -0.15) is 0 Å². The summed E-state index contributed by atoms with van der Waals surface area (Å²) in [4.78, 5) is 14.3. The maximum atomic E-state index is 8.74. The molecule has 0 rings (SSSR count). The van der Waals surface area contributed by atoms with Gasteiger partial charge < -0.3 is 15.1 Å². The molecule has 0 spiro atoms. The molecule has 0 heterocycles. The predicted molar refractivity (Wildman–Crippen MR) is 48.7 cm³/mol. The first-order valence-corrected chi connectivity index (χ1v) is 1.95. The summed E-state index contributed by atoms with van der Waals surface area (Å²) >= 11 is 0. The van der Waals surface area contributed by atoms with Gasteiger partial charge in [0.25, 0.3) is 0 Å². The first-order valence-electron chi connectivity index (χ1n) is 0.651. The van der Waals surface area contributed by atoms with Crippen LogP contribution in [0.15, 0.2) is 0 Å². The maximum absolute atomic E-state index is 8.74. The van der Waals surface area contributed by atoms with Crippen molar-refractivity contribution >= 4 is 126 Å². The number of hydrogen-bond donors (Lipinski definition) is 2. The molecule has 0 aliphatic heterocycles. The molecule has 0 saturated heterocycles. The molecule has 9 heteroatoms. The van der Waals surface area contributed by atoms with E-state index in [9.17, 15) is 0 Å². The Morgan fingerprint density at radius 2 is 1.22 bits per heavy atom. The zero-order valence-corrected chi connectivity index (χ0v) is 3.30. The summed E-state index contributed by atoms with van der Waals surface area (Å²) in [6.45, 7) is 0. The van der Waals surface area contributed by atoms with Crippen molar-refractivity contribution in [1.82, 2.24) is 0 Å². The molecule has 4 N–H and O–H groups in total. The molecule has 0 radical (unpaired) electrons. The number of hydrogen-bond acceptors (Lipinski definition) is 1. The Labute approximate surface area is 142 Å². The summed E-state index contributed by atoms with van der Waals surface area (Å²) in [6.07, 6.45) is 0. The average molecular weight is 219 g/mol. The minimum absolute atomic E-state index is 0. The van der Waals surface area contributed by atoms with Crippen LogP contribution in [0.25, 0.3) is 0 Å². The van der Waals surface area contributed by atoms with Crippen LogP contribution in [0.2, 0.25) is 0 Å². The van der Waals surface area contributed by atoms with E-state index in [2.05, 4.69) is 0 Å². The Kier molecular flexibility index (Phi) is 134. The van der Waals surface area contributed by atoms with Crippen molar-refractivity contribution < 1.29 is 19.5 Å². The molecular weight excluding hydrogens is 207 g/mol. The molecule has 0 aromatic rings. The molecule has 0 aliphatic rings. The van der Waals surface area contributed by atoms with Crippen LogP contribution in [0.4, 0.5) is 0 Å². The van der Waals surface area contributed by atoms with Crippen molar-refractivity contribution in [2.75, 3.05) is 0 Å². The van der Waals surface area contributed by atoms with Gasteiger partial charge in [-0.1, -0.05) is 0 Å². The normalized spacial score (nSPS) is 2.67. The molecule has 0 atom stereocenters. The van der Waals surface area contributed by atoms with E-state index in [0.29, 0.717) is 0 Å². The van der Waals surface area contributed by atoms with E-state index < -0.39 is 9.17 Å². The van der Waals surface area contributed by atoms with E-state index in [4.69, 9.17) is 14.1 Å². The Bertz CT molecular complexity index is 43.5. The molecule has 4 nitrogen and oxygen atoms in total. The quantitative estimate of drug-likeness (QED) is 0.397. The van der Waals surface area contributed by atoms with Crippen molar-refractivity contribution in [2.24, 2.45) is 0 Å². The Morgan fingerprint density at radius 1 is 1.22 bits per heavy atom. The van der Waals surface area contributed by atoms with E-state index in [1.807, 2.05) is 0 Å². The summed E-state index contributed by atoms with van der Waals surface area (Å²) in [5.41, 5.74) is 0. The Hall–Kier alpha value is 3.17. The van der Waals surface area contributed by atoms with Crippen LogP contribution >= 0.6 is 0 Å². The predicted octanol–water partition coefficient (Wildman–Crippen LogP) is -6.10. The van der Waals surface area contributed by atoms with Gasteiger partial charge >= 0.3 is 108 Å².